The largest absolute Gasteiger partial charge is 0.508 e. The molecule has 38 heavy (non-hydrogen) atoms. The summed E-state index contributed by atoms with van der Waals surface area (Å²) in [5, 5.41) is 36.9. The summed E-state index contributed by atoms with van der Waals surface area (Å²) in [6, 6.07) is 15.8. The number of benzene rings is 2. The van der Waals surface area contributed by atoms with Crippen LogP contribution in [0.15, 0.2) is 65.6 Å². The van der Waals surface area contributed by atoms with Crippen molar-refractivity contribution in [3.63, 3.8) is 0 Å². The second kappa shape index (κ2) is 12.2. The van der Waals surface area contributed by atoms with Crippen molar-refractivity contribution in [2.75, 3.05) is 12.3 Å². The van der Waals surface area contributed by atoms with Crippen molar-refractivity contribution in [2.45, 2.75) is 51.0 Å². The molecule has 3 aromatic rings. The predicted octanol–water partition coefficient (Wildman–Crippen LogP) is 3.54. The Balaban J connectivity index is 0.000000212. The highest BCUT2D eigenvalue weighted by molar-refractivity contribution is 5.90. The smallest absolute Gasteiger partial charge is 0.351 e. The molecule has 6 N–H and O–H groups in total. The fourth-order valence-corrected chi connectivity index (χ4v) is 4.23. The Kier molecular flexibility index (Phi) is 9.21. The summed E-state index contributed by atoms with van der Waals surface area (Å²) in [7, 11) is 0. The third kappa shape index (κ3) is 6.18. The Morgan fingerprint density at radius 1 is 0.974 bits per heavy atom. The van der Waals surface area contributed by atoms with Gasteiger partial charge in [0.2, 0.25) is 6.23 Å². The molecule has 0 radical (unpaired) electrons. The molecule has 204 valence electrons. The summed E-state index contributed by atoms with van der Waals surface area (Å²) in [5.41, 5.74) is 9.03. The van der Waals surface area contributed by atoms with Gasteiger partial charge in [-0.1, -0.05) is 38.1 Å². The van der Waals surface area contributed by atoms with Crippen LogP contribution in [0.2, 0.25) is 0 Å². The number of allylic oxidation sites excluding steroid dienone is 2. The van der Waals surface area contributed by atoms with Crippen molar-refractivity contribution in [3.8, 4) is 11.5 Å². The van der Waals surface area contributed by atoms with E-state index in [4.69, 9.17) is 15.6 Å². The third-order valence-corrected chi connectivity index (χ3v) is 6.17. The van der Waals surface area contributed by atoms with E-state index in [0.29, 0.717) is 4.57 Å². The second-order valence-electron chi connectivity index (χ2n) is 8.63. The maximum Gasteiger partial charge on any atom is 0.351 e. The summed E-state index contributed by atoms with van der Waals surface area (Å²) >= 11 is 0. The molecule has 0 saturated carbocycles. The standard InChI is InChI=1S/C18H20O2.C9H11F2N3O4/c1-3-17(13-5-9-15(19)10-6-13)18(4-2)14-7-11-16(20)12-8-14;10-9(11)6(16)4(3-15)18-7(9)14-2-1-5(12)13-8(14)17/h5-12,19-20H,3-4H2,1-2H3;1-2,4,6-7,15-16H,3H2,(H2,12,13,17)/b18-17+;/t;4-,6-,7-/m.1/s1. The van der Waals surface area contributed by atoms with E-state index in [2.05, 4.69) is 18.8 Å². The molecule has 0 bridgehead atoms. The molecule has 1 fully saturated rings. The molecule has 0 unspecified atom stereocenters. The van der Waals surface area contributed by atoms with Gasteiger partial charge in [0.25, 0.3) is 0 Å². The van der Waals surface area contributed by atoms with Crippen molar-refractivity contribution in [1.29, 1.82) is 0 Å². The molecule has 11 heteroatoms. The van der Waals surface area contributed by atoms with Gasteiger partial charge < -0.3 is 30.9 Å². The number of phenolic OH excluding ortho intramolecular Hbond substituents is 2. The number of aromatic nitrogens is 2. The third-order valence-electron chi connectivity index (χ3n) is 6.17. The Morgan fingerprint density at radius 2 is 1.45 bits per heavy atom. The van der Waals surface area contributed by atoms with E-state index in [-0.39, 0.29) is 17.3 Å². The summed E-state index contributed by atoms with van der Waals surface area (Å²) < 4.78 is 32.7. The van der Waals surface area contributed by atoms with Gasteiger partial charge in [0, 0.05) is 6.20 Å². The van der Waals surface area contributed by atoms with Gasteiger partial charge in [0.05, 0.1) is 6.61 Å². The number of nitrogen functional groups attached to an aromatic ring is 1. The highest BCUT2D eigenvalue weighted by Gasteiger charge is 2.59. The molecule has 1 aromatic heterocycles. The lowest BCUT2D eigenvalue weighted by atomic mass is 9.91. The number of nitrogens with two attached hydrogens (primary N) is 1. The molecule has 0 spiro atoms. The first-order valence-electron chi connectivity index (χ1n) is 12.0. The Hall–Kier alpha value is -3.80. The number of nitrogens with zero attached hydrogens (tertiary/aromatic N) is 2. The van der Waals surface area contributed by atoms with Gasteiger partial charge in [-0.3, -0.25) is 4.57 Å². The fourth-order valence-electron chi connectivity index (χ4n) is 4.23. The minimum Gasteiger partial charge on any atom is -0.508 e. The summed E-state index contributed by atoms with van der Waals surface area (Å²) in [4.78, 5) is 14.7. The zero-order valence-electron chi connectivity index (χ0n) is 21.0. The number of hydrogen-bond acceptors (Lipinski definition) is 8. The number of ether oxygens (including phenoxy) is 1. The molecule has 2 aromatic carbocycles. The number of anilines is 1. The Morgan fingerprint density at radius 3 is 1.82 bits per heavy atom. The lowest BCUT2D eigenvalue weighted by Gasteiger charge is -2.20. The van der Waals surface area contributed by atoms with Crippen LogP contribution < -0.4 is 11.4 Å². The van der Waals surface area contributed by atoms with Crippen LogP contribution in [-0.4, -0.2) is 54.7 Å². The minimum atomic E-state index is -3.71. The van der Waals surface area contributed by atoms with E-state index < -0.39 is 36.7 Å². The zero-order valence-corrected chi connectivity index (χ0v) is 21.0. The topological polar surface area (TPSA) is 151 Å². The van der Waals surface area contributed by atoms with E-state index in [1.807, 2.05) is 24.3 Å². The number of aliphatic hydroxyl groups excluding tert-OH is 2. The summed E-state index contributed by atoms with van der Waals surface area (Å²) in [6.45, 7) is 3.49. The van der Waals surface area contributed by atoms with E-state index in [0.717, 1.165) is 36.2 Å². The second-order valence-corrected chi connectivity index (χ2v) is 8.63. The number of aromatic hydroxyl groups is 2. The van der Waals surface area contributed by atoms with Gasteiger partial charge in [-0.15, -0.1) is 0 Å². The maximum absolute atomic E-state index is 13.7. The molecule has 0 amide bonds. The van der Waals surface area contributed by atoms with E-state index in [1.165, 1.54) is 11.1 Å². The predicted molar refractivity (Wildman–Crippen MR) is 138 cm³/mol. The number of aliphatic hydroxyl groups is 2. The molecule has 2 heterocycles. The van der Waals surface area contributed by atoms with Crippen molar-refractivity contribution in [2.24, 2.45) is 0 Å². The quantitative estimate of drug-likeness (QED) is 0.303. The average Bonchev–Trinajstić information content (AvgIpc) is 3.12. The molecular formula is C27H31F2N3O6. The first kappa shape index (κ1) is 28.8. The lowest BCUT2D eigenvalue weighted by Crippen LogP contribution is -2.41. The number of alkyl halides is 2. The first-order chi connectivity index (χ1) is 18.0. The van der Waals surface area contributed by atoms with Crippen LogP contribution >= 0.6 is 0 Å². The Labute approximate surface area is 218 Å². The van der Waals surface area contributed by atoms with Crippen molar-refractivity contribution >= 4 is 17.0 Å². The van der Waals surface area contributed by atoms with Crippen LogP contribution in [0.4, 0.5) is 14.6 Å². The highest BCUT2D eigenvalue weighted by atomic mass is 19.3. The van der Waals surface area contributed by atoms with Crippen LogP contribution in [0.1, 0.15) is 44.0 Å². The number of halogens is 2. The van der Waals surface area contributed by atoms with Crippen LogP contribution in [-0.2, 0) is 4.74 Å². The van der Waals surface area contributed by atoms with E-state index in [9.17, 15) is 28.9 Å². The van der Waals surface area contributed by atoms with Crippen LogP contribution in [0.25, 0.3) is 11.1 Å². The molecule has 1 aliphatic rings. The molecule has 0 aliphatic carbocycles. The molecule has 4 rings (SSSR count). The molecule has 9 nitrogen and oxygen atoms in total. The number of rotatable bonds is 6. The van der Waals surface area contributed by atoms with Crippen LogP contribution in [0.3, 0.4) is 0 Å². The maximum atomic E-state index is 13.7. The van der Waals surface area contributed by atoms with Gasteiger partial charge in [0.15, 0.2) is 6.10 Å². The monoisotopic (exact) mass is 531 g/mol. The number of hydrogen-bond donors (Lipinski definition) is 5. The average molecular weight is 532 g/mol. The summed E-state index contributed by atoms with van der Waals surface area (Å²) in [5.74, 6) is -3.26. The minimum absolute atomic E-state index is 0.114. The van der Waals surface area contributed by atoms with Gasteiger partial charge in [0.1, 0.15) is 23.4 Å². The van der Waals surface area contributed by atoms with Gasteiger partial charge in [-0.25, -0.2) is 4.79 Å². The summed E-state index contributed by atoms with van der Waals surface area (Å²) in [6.07, 6.45) is -2.84. The zero-order chi connectivity index (χ0) is 28.0. The fraction of sp³-hybridized carbons (Fsp3) is 0.333. The van der Waals surface area contributed by atoms with Crippen LogP contribution in [0, 0.1) is 0 Å². The molecular weight excluding hydrogens is 500 g/mol. The molecule has 3 atom stereocenters. The van der Waals surface area contributed by atoms with Crippen LogP contribution in [0.5, 0.6) is 11.5 Å². The first-order valence-corrected chi connectivity index (χ1v) is 12.0. The van der Waals surface area contributed by atoms with Crippen molar-refractivity contribution < 1.29 is 33.9 Å². The van der Waals surface area contributed by atoms with Gasteiger partial charge in [-0.2, -0.15) is 13.8 Å². The normalized spacial score (nSPS) is 20.8. The van der Waals surface area contributed by atoms with Gasteiger partial charge >= 0.3 is 11.6 Å². The van der Waals surface area contributed by atoms with E-state index >= 15 is 0 Å². The van der Waals surface area contributed by atoms with Gasteiger partial charge in [-0.05, 0) is 65.4 Å². The SMILES string of the molecule is CC/C(=C(/CC)c1ccc(O)cc1)c1ccc(O)cc1.Nc1ccn([C@@H]2O[C@H](CO)[C@@H](O)C2(F)F)c(=O)n1. The van der Waals surface area contributed by atoms with Crippen molar-refractivity contribution in [1.82, 2.24) is 9.55 Å². The number of phenols is 2. The van der Waals surface area contributed by atoms with Crippen molar-refractivity contribution in [3.05, 3.63) is 82.4 Å². The highest BCUT2D eigenvalue weighted by Crippen LogP contribution is 2.42. The lowest BCUT2D eigenvalue weighted by molar-refractivity contribution is -0.140. The van der Waals surface area contributed by atoms with E-state index in [1.54, 1.807) is 24.3 Å². The molecule has 1 saturated heterocycles. The Bertz CT molecular complexity index is 1250. The molecule has 1 aliphatic heterocycles.